The molecule has 0 aliphatic heterocycles. The number of hydrogen-bond acceptors (Lipinski definition) is 2. The van der Waals surface area contributed by atoms with E-state index >= 15 is 0 Å². The normalized spacial score (nSPS) is 15.6. The van der Waals surface area contributed by atoms with Crippen molar-refractivity contribution in [2.24, 2.45) is 5.41 Å². The van der Waals surface area contributed by atoms with E-state index < -0.39 is 0 Å². The molecule has 0 fully saturated rings. The molecule has 0 aromatic carbocycles. The third-order valence-corrected chi connectivity index (χ3v) is 3.00. The average molecular weight is 214 g/mol. The predicted molar refractivity (Wildman–Crippen MR) is 69.3 cm³/mol. The Morgan fingerprint density at radius 1 is 1.20 bits per heavy atom. The predicted octanol–water partition coefficient (Wildman–Crippen LogP) is 2.74. The van der Waals surface area contributed by atoms with Gasteiger partial charge in [-0.1, -0.05) is 33.6 Å². The lowest BCUT2D eigenvalue weighted by Crippen LogP contribution is -2.40. The Kier molecular flexibility index (Phi) is 8.07. The van der Waals surface area contributed by atoms with Crippen molar-refractivity contribution in [3.8, 4) is 0 Å². The number of rotatable bonds is 9. The maximum absolute atomic E-state index is 3.33. The number of unbranched alkanes of at least 4 members (excludes halogenated alkanes) is 1. The summed E-state index contributed by atoms with van der Waals surface area (Å²) >= 11 is 0. The summed E-state index contributed by atoms with van der Waals surface area (Å²) < 4.78 is 0. The fourth-order valence-electron chi connectivity index (χ4n) is 2.41. The van der Waals surface area contributed by atoms with Crippen LogP contribution < -0.4 is 5.32 Å². The summed E-state index contributed by atoms with van der Waals surface area (Å²) in [5, 5.41) is 3.33. The van der Waals surface area contributed by atoms with E-state index in [2.05, 4.69) is 45.1 Å². The fourth-order valence-corrected chi connectivity index (χ4v) is 2.41. The van der Waals surface area contributed by atoms with Gasteiger partial charge in [0.25, 0.3) is 0 Å². The summed E-state index contributed by atoms with van der Waals surface area (Å²) in [6.07, 6.45) is 5.20. The van der Waals surface area contributed by atoms with Crippen LogP contribution in [-0.4, -0.2) is 38.6 Å². The first-order chi connectivity index (χ1) is 7.08. The van der Waals surface area contributed by atoms with Crippen LogP contribution in [0.3, 0.4) is 0 Å². The van der Waals surface area contributed by atoms with E-state index in [0.717, 1.165) is 6.54 Å². The molecule has 0 aromatic heterocycles. The van der Waals surface area contributed by atoms with Gasteiger partial charge in [0.15, 0.2) is 0 Å². The molecule has 0 aromatic rings. The number of nitrogens with zero attached hydrogens (tertiary/aromatic N) is 1. The van der Waals surface area contributed by atoms with Crippen molar-refractivity contribution >= 4 is 0 Å². The zero-order chi connectivity index (χ0) is 11.7. The Labute approximate surface area is 96.4 Å². The van der Waals surface area contributed by atoms with Crippen LogP contribution in [0.15, 0.2) is 0 Å². The molecule has 1 N–H and O–H groups in total. The maximum Gasteiger partial charge on any atom is 0.00444 e. The Bertz CT molecular complexity index is 139. The van der Waals surface area contributed by atoms with Gasteiger partial charge in [-0.15, -0.1) is 0 Å². The van der Waals surface area contributed by atoms with Crippen LogP contribution in [-0.2, 0) is 0 Å². The summed E-state index contributed by atoms with van der Waals surface area (Å²) in [5.41, 5.74) is 0.436. The van der Waals surface area contributed by atoms with Crippen LogP contribution in [0.25, 0.3) is 0 Å². The van der Waals surface area contributed by atoms with Crippen molar-refractivity contribution in [1.29, 1.82) is 0 Å². The zero-order valence-electron chi connectivity index (χ0n) is 11.4. The first-order valence-electron chi connectivity index (χ1n) is 6.41. The minimum Gasteiger partial charge on any atom is -0.319 e. The fraction of sp³-hybridized carbons (Fsp3) is 1.00. The van der Waals surface area contributed by atoms with Gasteiger partial charge in [-0.3, -0.25) is 0 Å². The van der Waals surface area contributed by atoms with Gasteiger partial charge in [-0.25, -0.2) is 0 Å². The molecular weight excluding hydrogens is 184 g/mol. The van der Waals surface area contributed by atoms with Gasteiger partial charge in [0, 0.05) is 13.1 Å². The zero-order valence-corrected chi connectivity index (χ0v) is 11.4. The molecule has 0 saturated carbocycles. The molecule has 0 heterocycles. The van der Waals surface area contributed by atoms with E-state index in [1.165, 1.54) is 38.8 Å². The molecular formula is C13H30N2. The maximum atomic E-state index is 3.33. The molecule has 0 radical (unpaired) electrons. The van der Waals surface area contributed by atoms with Crippen LogP contribution in [0, 0.1) is 5.41 Å². The van der Waals surface area contributed by atoms with Gasteiger partial charge in [-0.2, -0.15) is 0 Å². The largest absolute Gasteiger partial charge is 0.319 e. The van der Waals surface area contributed by atoms with E-state index in [1.807, 2.05) is 0 Å². The van der Waals surface area contributed by atoms with Gasteiger partial charge in [-0.05, 0) is 38.9 Å². The lowest BCUT2D eigenvalue weighted by Gasteiger charge is -2.33. The Morgan fingerprint density at radius 3 is 2.33 bits per heavy atom. The SMILES string of the molecule is CCCCN(C)CC(C)(CCC)CNC. The standard InChI is InChI=1S/C13H30N2/c1-6-8-10-15(5)12-13(3,9-7-2)11-14-4/h14H,6-12H2,1-5H3. The molecule has 0 aliphatic carbocycles. The van der Waals surface area contributed by atoms with Crippen LogP contribution in [0.4, 0.5) is 0 Å². The minimum atomic E-state index is 0.436. The Morgan fingerprint density at radius 2 is 1.87 bits per heavy atom. The van der Waals surface area contributed by atoms with Gasteiger partial charge in [0.05, 0.1) is 0 Å². The van der Waals surface area contributed by atoms with Gasteiger partial charge < -0.3 is 10.2 Å². The average Bonchev–Trinajstić information content (AvgIpc) is 2.15. The topological polar surface area (TPSA) is 15.3 Å². The second-order valence-corrected chi connectivity index (χ2v) is 5.18. The summed E-state index contributed by atoms with van der Waals surface area (Å²) in [6, 6.07) is 0. The molecule has 0 saturated heterocycles. The molecule has 0 bridgehead atoms. The molecule has 0 amide bonds. The van der Waals surface area contributed by atoms with Crippen LogP contribution >= 0.6 is 0 Å². The lowest BCUT2D eigenvalue weighted by molar-refractivity contribution is 0.174. The van der Waals surface area contributed by atoms with Crippen molar-refractivity contribution in [3.05, 3.63) is 0 Å². The van der Waals surface area contributed by atoms with E-state index in [-0.39, 0.29) is 0 Å². The molecule has 92 valence electrons. The molecule has 15 heavy (non-hydrogen) atoms. The lowest BCUT2D eigenvalue weighted by atomic mass is 9.85. The summed E-state index contributed by atoms with van der Waals surface area (Å²) in [7, 11) is 4.30. The summed E-state index contributed by atoms with van der Waals surface area (Å²) in [5.74, 6) is 0. The third-order valence-electron chi connectivity index (χ3n) is 3.00. The smallest absolute Gasteiger partial charge is 0.00444 e. The van der Waals surface area contributed by atoms with E-state index in [9.17, 15) is 0 Å². The van der Waals surface area contributed by atoms with E-state index in [0.29, 0.717) is 5.41 Å². The molecule has 0 aliphatic rings. The first kappa shape index (κ1) is 14.9. The first-order valence-corrected chi connectivity index (χ1v) is 6.41. The summed E-state index contributed by atoms with van der Waals surface area (Å²) in [6.45, 7) is 10.5. The molecule has 0 spiro atoms. The van der Waals surface area contributed by atoms with Crippen molar-refractivity contribution in [2.75, 3.05) is 33.7 Å². The number of hydrogen-bond donors (Lipinski definition) is 1. The molecule has 1 unspecified atom stereocenters. The highest BCUT2D eigenvalue weighted by Gasteiger charge is 2.23. The van der Waals surface area contributed by atoms with Crippen LogP contribution in [0.1, 0.15) is 46.5 Å². The highest BCUT2D eigenvalue weighted by Crippen LogP contribution is 2.23. The Hall–Kier alpha value is -0.0800. The monoisotopic (exact) mass is 214 g/mol. The van der Waals surface area contributed by atoms with Crippen molar-refractivity contribution in [3.63, 3.8) is 0 Å². The second kappa shape index (κ2) is 8.12. The van der Waals surface area contributed by atoms with Gasteiger partial charge >= 0.3 is 0 Å². The second-order valence-electron chi connectivity index (χ2n) is 5.18. The quantitative estimate of drug-likeness (QED) is 0.635. The molecule has 0 rings (SSSR count). The Balaban J connectivity index is 4.02. The van der Waals surface area contributed by atoms with Gasteiger partial charge in [0.2, 0.25) is 0 Å². The van der Waals surface area contributed by atoms with Crippen molar-refractivity contribution < 1.29 is 0 Å². The van der Waals surface area contributed by atoms with Crippen molar-refractivity contribution in [2.45, 2.75) is 46.5 Å². The van der Waals surface area contributed by atoms with Crippen molar-refractivity contribution in [1.82, 2.24) is 10.2 Å². The van der Waals surface area contributed by atoms with Gasteiger partial charge in [0.1, 0.15) is 0 Å². The van der Waals surface area contributed by atoms with Crippen LogP contribution in [0.5, 0.6) is 0 Å². The number of nitrogens with one attached hydrogen (secondary N) is 1. The van der Waals surface area contributed by atoms with E-state index in [1.54, 1.807) is 0 Å². The molecule has 1 atom stereocenters. The highest BCUT2D eigenvalue weighted by atomic mass is 15.1. The highest BCUT2D eigenvalue weighted by molar-refractivity contribution is 4.79. The minimum absolute atomic E-state index is 0.436. The molecule has 2 nitrogen and oxygen atoms in total. The molecule has 2 heteroatoms. The van der Waals surface area contributed by atoms with E-state index in [4.69, 9.17) is 0 Å². The van der Waals surface area contributed by atoms with Crippen LogP contribution in [0.2, 0.25) is 0 Å². The third kappa shape index (κ3) is 6.91. The summed E-state index contributed by atoms with van der Waals surface area (Å²) in [4.78, 5) is 2.48.